The zero-order valence-corrected chi connectivity index (χ0v) is 89.1. The largest absolute Gasteiger partial charge is 2.00 e. The minimum Gasteiger partial charge on any atom is -0.512 e. The molecule has 0 atom stereocenters. The maximum atomic E-state index is 7.25. The normalized spacial score (nSPS) is 10.4. The Kier molecular flexibility index (Phi) is 64.8. The van der Waals surface area contributed by atoms with Crippen molar-refractivity contribution in [3.63, 3.8) is 0 Å². The summed E-state index contributed by atoms with van der Waals surface area (Å²) in [5.41, 5.74) is 33.5. The smallest absolute Gasteiger partial charge is 0.512 e. The van der Waals surface area contributed by atoms with Crippen LogP contribution in [0.4, 0.5) is 0 Å². The zero-order chi connectivity index (χ0) is 94.3. The van der Waals surface area contributed by atoms with Gasteiger partial charge in [0.25, 0.3) is 0 Å². The van der Waals surface area contributed by atoms with Gasteiger partial charge >= 0.3 is 34.1 Å². The van der Waals surface area contributed by atoms with Crippen LogP contribution in [0.3, 0.4) is 0 Å². The Labute approximate surface area is 847 Å². The fourth-order valence-corrected chi connectivity index (χ4v) is 31.1. The Morgan fingerprint density at radius 3 is 0.361 bits per heavy atom. The third kappa shape index (κ3) is 38.9. The summed E-state index contributed by atoms with van der Waals surface area (Å²) in [5, 5.41) is 36.4. The number of rotatable bonds is 21. The SMILES string of the molecule is C1CCOC1.Cc1c(C)c(C)[c-](C)c1C.Cc1c(C)c(C)[c-](C)c1C.Cc1c(C)c(C)[c-](C)c1C.[C-]#N.[C-]#N.[C-]#N.[Fe+2].[Fe+2].[Fe].[Fe].[N]=O.[N]=O.c1ccc(P(CCP(c2ccccc2)c2ccccc2)c2ccccc2)cc1.c1ccc(P(CCP(c2ccccc2)c2ccccc2)c2ccccc2)cc1.c1ccc(P(CCP(c2ccccc2)c2ccccc2)c2ccccc2)cc1. The third-order valence-electron chi connectivity index (χ3n) is 23.7. The molecular weight excluding hydrogens is 1910 g/mol. The Morgan fingerprint density at radius 2 is 0.301 bits per heavy atom. The van der Waals surface area contributed by atoms with E-state index in [1.807, 2.05) is 0 Å². The van der Waals surface area contributed by atoms with E-state index in [1.165, 1.54) is 197 Å². The van der Waals surface area contributed by atoms with Crippen LogP contribution in [0.2, 0.25) is 0 Å². The first kappa shape index (κ1) is 122. The number of hydrogen-bond acceptors (Lipinski definition) is 6. The predicted molar refractivity (Wildman–Crippen MR) is 567 cm³/mol. The first-order chi connectivity index (χ1) is 62.9. The minimum absolute atomic E-state index is 0. The summed E-state index contributed by atoms with van der Waals surface area (Å²) in [6.07, 6.45) is 9.80. The van der Waals surface area contributed by atoms with Crippen molar-refractivity contribution < 1.29 is 73.0 Å². The molecule has 15 aromatic carbocycles. The molecule has 15 aromatic rings. The van der Waals surface area contributed by atoms with Crippen LogP contribution in [0.15, 0.2) is 364 Å². The Hall–Kier alpha value is -9.02. The van der Waals surface area contributed by atoms with E-state index in [0.717, 1.165) is 13.2 Å². The van der Waals surface area contributed by atoms with Gasteiger partial charge < -0.3 is 40.2 Å². The van der Waals surface area contributed by atoms with Crippen molar-refractivity contribution in [1.29, 1.82) is 15.8 Å². The van der Waals surface area contributed by atoms with Crippen LogP contribution < -0.4 is 74.8 Å². The molecule has 0 bridgehead atoms. The standard InChI is InChI=1S/3C26H24P2.3C10H15.C4H8O.3CN.4Fe.2NO/c3*1-5-13-23(14-6-1)27(24-15-7-2-8-16-24)21-22-28(25-17-9-3-10-18-25)26-19-11-4-12-20-26;3*1-6-7(2)9(4)10(5)8(6)3;1-2-4-5-3-1;3*1-2;;;;;2*1-2/h3*1-20H,21-22H2;3*1-5H3;1-4H2;;;;;;;;;/q;;;3*-1;;3*-1;;;2*+2;;. The van der Waals surface area contributed by atoms with Gasteiger partial charge in [0.05, 0.1) is 0 Å². The molecule has 0 unspecified atom stereocenters. The van der Waals surface area contributed by atoms with E-state index in [4.69, 9.17) is 61.2 Å². The zero-order valence-electron chi connectivity index (χ0n) is 79.3. The summed E-state index contributed by atoms with van der Waals surface area (Å²) in [6.45, 7) is 49.2. The van der Waals surface area contributed by atoms with Gasteiger partial charge in [-0.15, -0.1) is 9.81 Å². The third-order valence-corrected chi connectivity index (χ3v) is 39.9. The molecule has 0 aliphatic carbocycles. The van der Waals surface area contributed by atoms with E-state index >= 15 is 0 Å². The van der Waals surface area contributed by atoms with Crippen LogP contribution in [0, 0.1) is 149 Å². The second kappa shape index (κ2) is 70.6. The average molecular weight is 2030 g/mol. The van der Waals surface area contributed by atoms with Crippen molar-refractivity contribution >= 4 is 111 Å². The van der Waals surface area contributed by atoms with E-state index in [9.17, 15) is 0 Å². The topological polar surface area (TPSA) is 159 Å². The molecule has 0 amide bonds. The van der Waals surface area contributed by atoms with Crippen LogP contribution >= 0.6 is 47.5 Å². The summed E-state index contributed by atoms with van der Waals surface area (Å²) in [4.78, 5) is 14.5. The quantitative estimate of drug-likeness (QED) is 0.0395. The Bertz CT molecular complexity index is 4320. The van der Waals surface area contributed by atoms with E-state index in [-0.39, 0.29) is 116 Å². The van der Waals surface area contributed by atoms with Crippen LogP contribution in [-0.2, 0) is 73.0 Å². The molecule has 1 heterocycles. The molecule has 0 aromatic heterocycles. The van der Waals surface area contributed by atoms with E-state index in [1.54, 1.807) is 0 Å². The van der Waals surface area contributed by atoms with E-state index < -0.39 is 0 Å². The van der Waals surface area contributed by atoms with Crippen molar-refractivity contribution in [2.45, 2.75) is 117 Å². The van der Waals surface area contributed by atoms with E-state index in [0.29, 0.717) is 0 Å². The van der Waals surface area contributed by atoms with Crippen molar-refractivity contribution in [3.05, 3.63) is 477 Å². The van der Waals surface area contributed by atoms with Crippen molar-refractivity contribution in [1.82, 2.24) is 11.2 Å². The maximum absolute atomic E-state index is 7.25. The second-order valence-electron chi connectivity index (χ2n) is 30.6. The van der Waals surface area contributed by atoms with Crippen LogP contribution in [0.5, 0.6) is 0 Å². The number of benzene rings is 12. The molecule has 2 radical (unpaired) electrons. The summed E-state index contributed by atoms with van der Waals surface area (Å²) < 4.78 is 4.94. The summed E-state index contributed by atoms with van der Waals surface area (Å²) in [6, 6.07) is 133. The molecule has 1 aliphatic rings. The molecular formula is C115H125Fe4N5O3P6-2. The minimum atomic E-state index is -0.348. The van der Waals surface area contributed by atoms with Crippen molar-refractivity contribution in [2.24, 2.45) is 0 Å². The van der Waals surface area contributed by atoms with Gasteiger partial charge in [-0.1, -0.05) is 468 Å². The van der Waals surface area contributed by atoms with Gasteiger partial charge in [-0.2, -0.15) is 83.5 Å². The van der Waals surface area contributed by atoms with Crippen LogP contribution in [0.25, 0.3) is 0 Å². The molecule has 8 nitrogen and oxygen atoms in total. The number of hydrogen-bond donors (Lipinski definition) is 0. The summed E-state index contributed by atoms with van der Waals surface area (Å²) in [7, 11) is -2.09. The van der Waals surface area contributed by atoms with Crippen molar-refractivity contribution in [3.8, 4) is 0 Å². The fraction of sp³-hybridized carbons (Fsp3) is 0.217. The molecule has 0 saturated carbocycles. The molecule has 16 rings (SSSR count). The molecule has 1 fully saturated rings. The molecule has 0 N–H and O–H groups in total. The van der Waals surface area contributed by atoms with Crippen LogP contribution in [0.1, 0.15) is 96.3 Å². The van der Waals surface area contributed by atoms with Gasteiger partial charge in [-0.25, -0.2) is 0 Å². The van der Waals surface area contributed by atoms with Gasteiger partial charge in [-0.05, 0) is 161 Å². The molecule has 18 heteroatoms. The summed E-state index contributed by atoms with van der Waals surface area (Å²) >= 11 is 0. The van der Waals surface area contributed by atoms with Gasteiger partial charge in [0.1, 0.15) is 11.2 Å². The predicted octanol–water partition coefficient (Wildman–Crippen LogP) is 24.8. The van der Waals surface area contributed by atoms with Crippen molar-refractivity contribution in [2.75, 3.05) is 50.2 Å². The van der Waals surface area contributed by atoms with Gasteiger partial charge in [-0.3, -0.25) is 0 Å². The van der Waals surface area contributed by atoms with Crippen LogP contribution in [-0.4, -0.2) is 50.2 Å². The summed E-state index contributed by atoms with van der Waals surface area (Å²) in [5.74, 6) is 0. The fourth-order valence-electron chi connectivity index (χ4n) is 15.1. The molecule has 1 saturated heterocycles. The first-order valence-corrected chi connectivity index (χ1v) is 52.5. The molecule has 692 valence electrons. The van der Waals surface area contributed by atoms with E-state index in [2.05, 4.69) is 468 Å². The Balaban J connectivity index is 0.000000803. The molecule has 1 aliphatic heterocycles. The monoisotopic (exact) mass is 2030 g/mol. The number of nitroso groups, excluding NO2 is 2. The number of nitrogens with zero attached hydrogens (tertiary/aromatic N) is 5. The first-order valence-electron chi connectivity index (χ1n) is 43.4. The average Bonchev–Trinajstić information content (AvgIpc) is 1.49. The maximum Gasteiger partial charge on any atom is 2.00 e. The molecule has 0 spiro atoms. The molecule has 133 heavy (non-hydrogen) atoms. The Morgan fingerprint density at radius 1 is 0.211 bits per heavy atom. The van der Waals surface area contributed by atoms with Gasteiger partial charge in [0, 0.05) is 47.4 Å². The second-order valence-corrected chi connectivity index (χ2v) is 44.6. The number of ether oxygens (including phenoxy) is 1. The van der Waals surface area contributed by atoms with Gasteiger partial charge in [0.15, 0.2) is 0 Å². The van der Waals surface area contributed by atoms with Gasteiger partial charge in [0.2, 0.25) is 0 Å².